The lowest BCUT2D eigenvalue weighted by molar-refractivity contribution is -0.144. The van der Waals surface area contributed by atoms with Crippen LogP contribution in [0.1, 0.15) is 30.4 Å². The third kappa shape index (κ3) is 10.8. The van der Waals surface area contributed by atoms with Crippen LogP contribution < -0.4 is 28.3 Å². The van der Waals surface area contributed by atoms with E-state index in [0.717, 1.165) is 11.1 Å². The van der Waals surface area contributed by atoms with Crippen LogP contribution in [0.4, 0.5) is 0 Å². The zero-order chi connectivity index (χ0) is 27.2. The van der Waals surface area contributed by atoms with Crippen molar-refractivity contribution >= 4 is 29.6 Å². The molecule has 198 valence electrons. The van der Waals surface area contributed by atoms with Gasteiger partial charge in [-0.1, -0.05) is 60.7 Å². The number of carboxylic acids is 1. The Bertz CT molecular complexity index is 1080. The van der Waals surface area contributed by atoms with Crippen LogP contribution in [0.2, 0.25) is 0 Å². The largest absolute Gasteiger partial charge is 0.481 e. The Morgan fingerprint density at radius 2 is 1.41 bits per heavy atom. The van der Waals surface area contributed by atoms with Gasteiger partial charge < -0.3 is 33.4 Å². The van der Waals surface area contributed by atoms with E-state index < -0.39 is 35.7 Å². The van der Waals surface area contributed by atoms with Gasteiger partial charge in [-0.3, -0.25) is 19.4 Å². The number of rotatable bonds is 15. The van der Waals surface area contributed by atoms with Crippen molar-refractivity contribution in [3.05, 3.63) is 71.8 Å². The number of hydrogen-bond donors (Lipinski definition) is 6. The zero-order valence-electron chi connectivity index (χ0n) is 20.6. The van der Waals surface area contributed by atoms with E-state index in [-0.39, 0.29) is 44.1 Å². The maximum absolute atomic E-state index is 13.4. The van der Waals surface area contributed by atoms with Gasteiger partial charge in [-0.05, 0) is 36.8 Å². The second-order valence-corrected chi connectivity index (χ2v) is 8.66. The third-order valence-electron chi connectivity index (χ3n) is 5.65. The molecule has 2 rings (SSSR count). The van der Waals surface area contributed by atoms with Crippen LogP contribution in [-0.2, 0) is 27.2 Å². The van der Waals surface area contributed by atoms with E-state index in [9.17, 15) is 19.5 Å². The Balaban J connectivity index is 2.20. The lowest BCUT2D eigenvalue weighted by Crippen LogP contribution is -2.47. The number of carbonyl (C=O) groups is 3. The summed E-state index contributed by atoms with van der Waals surface area (Å²) in [5, 5.41) is 12.5. The number of amides is 1. The van der Waals surface area contributed by atoms with Crippen molar-refractivity contribution in [2.45, 2.75) is 44.2 Å². The van der Waals surface area contributed by atoms with Gasteiger partial charge in [0, 0.05) is 13.0 Å². The highest BCUT2D eigenvalue weighted by Gasteiger charge is 2.29. The number of Topliss-reactive ketones (excluding diaryl/α,β-unsaturated/α-hetero) is 1. The summed E-state index contributed by atoms with van der Waals surface area (Å²) in [6, 6.07) is 16.3. The molecule has 0 radical (unpaired) electrons. The maximum Gasteiger partial charge on any atom is 0.307 e. The van der Waals surface area contributed by atoms with Crippen molar-refractivity contribution in [1.82, 2.24) is 5.32 Å². The highest BCUT2D eigenvalue weighted by molar-refractivity contribution is 5.93. The van der Waals surface area contributed by atoms with Gasteiger partial charge in [0.1, 0.15) is 6.04 Å². The van der Waals surface area contributed by atoms with Crippen LogP contribution in [0.5, 0.6) is 0 Å². The molecule has 3 unspecified atom stereocenters. The van der Waals surface area contributed by atoms with Gasteiger partial charge >= 0.3 is 5.97 Å². The number of nitrogens with zero attached hydrogens (tertiary/aromatic N) is 2. The molecule has 10 N–H and O–H groups in total. The van der Waals surface area contributed by atoms with Crippen molar-refractivity contribution in [1.29, 1.82) is 0 Å². The molecular formula is C26H35N7O4. The number of guanidine groups is 2. The molecule has 0 aliphatic heterocycles. The molecule has 0 saturated heterocycles. The van der Waals surface area contributed by atoms with Crippen LogP contribution in [0.25, 0.3) is 0 Å². The van der Waals surface area contributed by atoms with E-state index in [0.29, 0.717) is 6.42 Å². The van der Waals surface area contributed by atoms with Crippen molar-refractivity contribution in [2.24, 2.45) is 38.8 Å². The number of benzene rings is 2. The normalized spacial score (nSPS) is 13.0. The molecule has 0 aliphatic rings. The molecule has 0 bridgehead atoms. The minimum atomic E-state index is -1.08. The summed E-state index contributed by atoms with van der Waals surface area (Å²) >= 11 is 0. The van der Waals surface area contributed by atoms with Gasteiger partial charge in [-0.25, -0.2) is 4.99 Å². The molecule has 37 heavy (non-hydrogen) atoms. The molecular weight excluding hydrogens is 474 g/mol. The molecule has 0 aromatic heterocycles. The van der Waals surface area contributed by atoms with Crippen molar-refractivity contribution < 1.29 is 19.5 Å². The van der Waals surface area contributed by atoms with Gasteiger partial charge in [-0.15, -0.1) is 0 Å². The first-order valence-corrected chi connectivity index (χ1v) is 11.9. The highest BCUT2D eigenvalue weighted by atomic mass is 16.4. The van der Waals surface area contributed by atoms with Crippen LogP contribution in [0, 0.1) is 5.92 Å². The summed E-state index contributed by atoms with van der Waals surface area (Å²) in [6.45, 7) is 0.276. The number of nitrogens with one attached hydrogen (secondary N) is 1. The molecule has 11 nitrogen and oxygen atoms in total. The monoisotopic (exact) mass is 509 g/mol. The summed E-state index contributed by atoms with van der Waals surface area (Å²) in [5.41, 5.74) is 23.3. The molecule has 3 atom stereocenters. The average Bonchev–Trinajstić information content (AvgIpc) is 2.85. The fourth-order valence-electron chi connectivity index (χ4n) is 3.82. The number of carboxylic acid groups (broad SMARTS) is 1. The number of aliphatic carboxylic acids is 1. The smallest absolute Gasteiger partial charge is 0.307 e. The summed E-state index contributed by atoms with van der Waals surface area (Å²) in [7, 11) is 0. The second-order valence-electron chi connectivity index (χ2n) is 8.66. The minimum Gasteiger partial charge on any atom is -0.481 e. The lowest BCUT2D eigenvalue weighted by atomic mass is 9.90. The summed E-state index contributed by atoms with van der Waals surface area (Å²) in [4.78, 5) is 46.3. The number of hydrogen-bond acceptors (Lipinski definition) is 5. The molecule has 2 aromatic rings. The molecule has 0 heterocycles. The quantitative estimate of drug-likeness (QED) is 0.111. The van der Waals surface area contributed by atoms with Crippen molar-refractivity contribution in [2.75, 3.05) is 6.54 Å². The van der Waals surface area contributed by atoms with E-state index in [2.05, 4.69) is 15.3 Å². The zero-order valence-corrected chi connectivity index (χ0v) is 20.6. The van der Waals surface area contributed by atoms with Crippen molar-refractivity contribution in [3.8, 4) is 0 Å². The predicted molar refractivity (Wildman–Crippen MR) is 142 cm³/mol. The van der Waals surface area contributed by atoms with E-state index in [1.807, 2.05) is 60.7 Å². The van der Waals surface area contributed by atoms with Crippen LogP contribution in [0.15, 0.2) is 70.6 Å². The Morgan fingerprint density at radius 1 is 0.838 bits per heavy atom. The molecule has 0 aliphatic carbocycles. The molecule has 0 saturated carbocycles. The van der Waals surface area contributed by atoms with Gasteiger partial charge in [0.05, 0.1) is 12.0 Å². The Labute approximate surface area is 216 Å². The van der Waals surface area contributed by atoms with Crippen LogP contribution in [-0.4, -0.2) is 53.3 Å². The minimum absolute atomic E-state index is 0.0696. The highest BCUT2D eigenvalue weighted by Crippen LogP contribution is 2.16. The number of nitrogens with two attached hydrogens (primary N) is 4. The Kier molecular flexibility index (Phi) is 11.6. The first-order chi connectivity index (χ1) is 17.7. The maximum atomic E-state index is 13.4. The van der Waals surface area contributed by atoms with E-state index in [4.69, 9.17) is 22.9 Å². The number of carbonyl (C=O) groups excluding carboxylic acids is 2. The molecule has 11 heteroatoms. The van der Waals surface area contributed by atoms with Gasteiger partial charge in [0.2, 0.25) is 5.91 Å². The Morgan fingerprint density at radius 3 is 1.92 bits per heavy atom. The SMILES string of the molecule is NC(N)=NCCCC(N=C(N)N)C(=O)NC(Cc1ccccc1)C(=O)CC(Cc1ccccc1)C(=O)O. The Hall–Kier alpha value is -4.41. The molecule has 0 fully saturated rings. The number of aliphatic imine (C=N–C) groups is 2. The molecule has 2 aromatic carbocycles. The van der Waals surface area contributed by atoms with E-state index in [1.165, 1.54) is 0 Å². The van der Waals surface area contributed by atoms with Gasteiger partial charge in [-0.2, -0.15) is 0 Å². The van der Waals surface area contributed by atoms with Crippen LogP contribution >= 0.6 is 0 Å². The summed E-state index contributed by atoms with van der Waals surface area (Å²) in [6.07, 6.45) is 0.779. The fourth-order valence-corrected chi connectivity index (χ4v) is 3.82. The summed E-state index contributed by atoms with van der Waals surface area (Å²) in [5.74, 6) is -3.33. The van der Waals surface area contributed by atoms with E-state index in [1.54, 1.807) is 0 Å². The second kappa shape index (κ2) is 14.9. The summed E-state index contributed by atoms with van der Waals surface area (Å²) < 4.78 is 0. The lowest BCUT2D eigenvalue weighted by Gasteiger charge is -2.22. The van der Waals surface area contributed by atoms with Crippen molar-refractivity contribution in [3.63, 3.8) is 0 Å². The number of ketones is 1. The average molecular weight is 510 g/mol. The fraction of sp³-hybridized carbons (Fsp3) is 0.346. The molecule has 0 spiro atoms. The van der Waals surface area contributed by atoms with Gasteiger partial charge in [0.15, 0.2) is 17.7 Å². The molecule has 1 amide bonds. The van der Waals surface area contributed by atoms with E-state index >= 15 is 0 Å². The van der Waals surface area contributed by atoms with Crippen LogP contribution in [0.3, 0.4) is 0 Å². The first kappa shape index (κ1) is 28.8. The standard InChI is InChI=1S/C26H35N7O4/c27-25(28)31-13-7-12-20(33-26(29)30)23(35)32-21(15-18-10-5-2-6-11-18)22(34)16-19(24(36)37)14-17-8-3-1-4-9-17/h1-6,8-11,19-21H,7,12-16H2,(H,32,35)(H,36,37)(H4,27,28,31)(H4,29,30,33). The topological polar surface area (TPSA) is 212 Å². The van der Waals surface area contributed by atoms with Gasteiger partial charge in [0.25, 0.3) is 0 Å². The predicted octanol–water partition coefficient (Wildman–Crippen LogP) is 0.312. The third-order valence-corrected chi connectivity index (χ3v) is 5.65. The first-order valence-electron chi connectivity index (χ1n) is 11.9.